The number of anilines is 1. The Bertz CT molecular complexity index is 1100. The second-order valence-electron chi connectivity index (χ2n) is 7.02. The van der Waals surface area contributed by atoms with E-state index in [4.69, 9.17) is 0 Å². The Hall–Kier alpha value is -2.94. The SMILES string of the molecule is CN1CCN(c2nc3c(F)cccc3c(=O)n2-c2ccc(C(F)(F)F)cc2)CC1. The molecule has 1 saturated heterocycles. The van der Waals surface area contributed by atoms with Crippen LogP contribution in [0, 0.1) is 5.82 Å². The summed E-state index contributed by atoms with van der Waals surface area (Å²) in [5, 5.41) is 0.0720. The van der Waals surface area contributed by atoms with Crippen molar-refractivity contribution in [3.63, 3.8) is 0 Å². The molecule has 152 valence electrons. The first-order valence-corrected chi connectivity index (χ1v) is 9.08. The highest BCUT2D eigenvalue weighted by atomic mass is 19.4. The molecular weight excluding hydrogens is 388 g/mol. The highest BCUT2D eigenvalue weighted by molar-refractivity contribution is 5.80. The van der Waals surface area contributed by atoms with Crippen molar-refractivity contribution < 1.29 is 17.6 Å². The molecule has 0 spiro atoms. The van der Waals surface area contributed by atoms with Gasteiger partial charge in [0.15, 0.2) is 0 Å². The highest BCUT2D eigenvalue weighted by Crippen LogP contribution is 2.30. The maximum atomic E-state index is 14.3. The predicted octanol–water partition coefficient (Wildman–Crippen LogP) is 3.30. The smallest absolute Gasteiger partial charge is 0.339 e. The van der Waals surface area contributed by atoms with E-state index in [1.54, 1.807) is 0 Å². The first-order chi connectivity index (χ1) is 13.8. The molecule has 29 heavy (non-hydrogen) atoms. The number of para-hydroxylation sites is 1. The normalized spacial score (nSPS) is 15.8. The Morgan fingerprint density at radius 1 is 0.966 bits per heavy atom. The minimum Gasteiger partial charge on any atom is -0.339 e. The van der Waals surface area contributed by atoms with E-state index < -0.39 is 23.1 Å². The summed E-state index contributed by atoms with van der Waals surface area (Å²) in [7, 11) is 1.97. The molecule has 4 rings (SSSR count). The minimum atomic E-state index is -4.48. The molecule has 0 radical (unpaired) electrons. The summed E-state index contributed by atoms with van der Waals surface area (Å²) in [6, 6.07) is 8.41. The lowest BCUT2D eigenvalue weighted by Crippen LogP contribution is -2.46. The summed E-state index contributed by atoms with van der Waals surface area (Å²) in [5.41, 5.74) is -1.14. The zero-order valence-electron chi connectivity index (χ0n) is 15.6. The average molecular weight is 406 g/mol. The molecule has 1 aliphatic rings. The summed E-state index contributed by atoms with van der Waals surface area (Å²) >= 11 is 0. The fourth-order valence-electron chi connectivity index (χ4n) is 3.41. The number of rotatable bonds is 2. The molecule has 0 amide bonds. The van der Waals surface area contributed by atoms with Crippen LogP contribution in [-0.2, 0) is 6.18 Å². The highest BCUT2D eigenvalue weighted by Gasteiger charge is 2.30. The summed E-state index contributed by atoms with van der Waals surface area (Å²) in [5.74, 6) is -0.394. The number of likely N-dealkylation sites (N-methyl/N-ethyl adjacent to an activating group) is 1. The Kier molecular flexibility index (Phi) is 4.77. The van der Waals surface area contributed by atoms with E-state index >= 15 is 0 Å². The van der Waals surface area contributed by atoms with Gasteiger partial charge in [-0.25, -0.2) is 13.9 Å². The number of benzene rings is 2. The molecule has 0 saturated carbocycles. The molecule has 0 unspecified atom stereocenters. The summed E-state index contributed by atoms with van der Waals surface area (Å²) in [4.78, 5) is 21.6. The monoisotopic (exact) mass is 406 g/mol. The number of aromatic nitrogens is 2. The van der Waals surface area contributed by atoms with Crippen LogP contribution in [-0.4, -0.2) is 47.7 Å². The molecule has 0 N–H and O–H groups in total. The van der Waals surface area contributed by atoms with Crippen LogP contribution in [0.4, 0.5) is 23.5 Å². The third-order valence-corrected chi connectivity index (χ3v) is 5.07. The number of hydrogen-bond acceptors (Lipinski definition) is 4. The average Bonchev–Trinajstić information content (AvgIpc) is 2.69. The van der Waals surface area contributed by atoms with Crippen molar-refractivity contribution in [1.29, 1.82) is 0 Å². The number of halogens is 4. The Morgan fingerprint density at radius 2 is 1.62 bits per heavy atom. The van der Waals surface area contributed by atoms with Crippen molar-refractivity contribution in [1.82, 2.24) is 14.5 Å². The lowest BCUT2D eigenvalue weighted by molar-refractivity contribution is -0.137. The Balaban J connectivity index is 1.92. The number of hydrogen-bond donors (Lipinski definition) is 0. The van der Waals surface area contributed by atoms with Gasteiger partial charge in [-0.05, 0) is 43.4 Å². The van der Waals surface area contributed by atoms with Gasteiger partial charge in [0.05, 0.1) is 16.6 Å². The van der Waals surface area contributed by atoms with Crippen LogP contribution < -0.4 is 10.5 Å². The van der Waals surface area contributed by atoms with Gasteiger partial charge in [-0.2, -0.15) is 13.2 Å². The molecule has 0 atom stereocenters. The first kappa shape index (κ1) is 19.4. The van der Waals surface area contributed by atoms with Gasteiger partial charge in [0.2, 0.25) is 5.95 Å². The van der Waals surface area contributed by atoms with Crippen molar-refractivity contribution >= 4 is 16.9 Å². The summed E-state index contributed by atoms with van der Waals surface area (Å²) in [6.07, 6.45) is -4.48. The second kappa shape index (κ2) is 7.14. The second-order valence-corrected chi connectivity index (χ2v) is 7.02. The quantitative estimate of drug-likeness (QED) is 0.613. The van der Waals surface area contributed by atoms with Gasteiger partial charge >= 0.3 is 6.18 Å². The van der Waals surface area contributed by atoms with E-state index in [1.807, 2.05) is 11.9 Å². The molecular formula is C20H18F4N4O. The zero-order valence-corrected chi connectivity index (χ0v) is 15.6. The molecule has 2 heterocycles. The largest absolute Gasteiger partial charge is 0.416 e. The van der Waals surface area contributed by atoms with E-state index in [9.17, 15) is 22.4 Å². The van der Waals surface area contributed by atoms with Crippen molar-refractivity contribution in [3.8, 4) is 5.69 Å². The zero-order chi connectivity index (χ0) is 20.8. The van der Waals surface area contributed by atoms with Gasteiger partial charge in [0.25, 0.3) is 5.56 Å². The Labute approximate surface area is 163 Å². The molecule has 1 aliphatic heterocycles. The summed E-state index contributed by atoms with van der Waals surface area (Å²) in [6.45, 7) is 2.56. The number of piperazine rings is 1. The van der Waals surface area contributed by atoms with E-state index in [0.29, 0.717) is 13.1 Å². The third-order valence-electron chi connectivity index (χ3n) is 5.07. The molecule has 1 fully saturated rings. The molecule has 3 aromatic rings. The van der Waals surface area contributed by atoms with Gasteiger partial charge < -0.3 is 9.80 Å². The van der Waals surface area contributed by atoms with E-state index in [-0.39, 0.29) is 22.5 Å². The third kappa shape index (κ3) is 3.57. The number of alkyl halides is 3. The van der Waals surface area contributed by atoms with Gasteiger partial charge in [-0.15, -0.1) is 0 Å². The van der Waals surface area contributed by atoms with Gasteiger partial charge in [0, 0.05) is 26.2 Å². The fourth-order valence-corrected chi connectivity index (χ4v) is 3.41. The van der Waals surface area contributed by atoms with Crippen LogP contribution in [0.3, 0.4) is 0 Å². The Morgan fingerprint density at radius 3 is 2.24 bits per heavy atom. The molecule has 0 bridgehead atoms. The van der Waals surface area contributed by atoms with Gasteiger partial charge in [-0.1, -0.05) is 6.07 Å². The van der Waals surface area contributed by atoms with Crippen LogP contribution in [0.1, 0.15) is 5.56 Å². The van der Waals surface area contributed by atoms with E-state index in [2.05, 4.69) is 9.88 Å². The standard InChI is InChI=1S/C20H18F4N4O/c1-26-9-11-27(12-10-26)19-25-17-15(3-2-4-16(17)21)18(29)28(19)14-7-5-13(6-8-14)20(22,23)24/h2-8H,9-12H2,1H3. The number of nitrogens with zero attached hydrogens (tertiary/aromatic N) is 4. The van der Waals surface area contributed by atoms with Crippen molar-refractivity contribution in [2.45, 2.75) is 6.18 Å². The van der Waals surface area contributed by atoms with Crippen LogP contribution in [0.5, 0.6) is 0 Å². The van der Waals surface area contributed by atoms with E-state index in [0.717, 1.165) is 25.2 Å². The molecule has 1 aromatic heterocycles. The lowest BCUT2D eigenvalue weighted by Gasteiger charge is -2.34. The molecule has 2 aromatic carbocycles. The molecule has 5 nitrogen and oxygen atoms in total. The van der Waals surface area contributed by atoms with Gasteiger partial charge in [-0.3, -0.25) is 4.79 Å². The van der Waals surface area contributed by atoms with Crippen LogP contribution in [0.25, 0.3) is 16.6 Å². The molecule has 9 heteroatoms. The topological polar surface area (TPSA) is 41.4 Å². The van der Waals surface area contributed by atoms with Crippen LogP contribution in [0.15, 0.2) is 47.3 Å². The van der Waals surface area contributed by atoms with E-state index in [1.165, 1.54) is 34.9 Å². The number of fused-ring (bicyclic) bond motifs is 1. The van der Waals surface area contributed by atoms with Crippen LogP contribution in [0.2, 0.25) is 0 Å². The molecule has 0 aliphatic carbocycles. The maximum absolute atomic E-state index is 14.3. The van der Waals surface area contributed by atoms with Crippen molar-refractivity contribution in [2.75, 3.05) is 38.1 Å². The van der Waals surface area contributed by atoms with Crippen LogP contribution >= 0.6 is 0 Å². The lowest BCUT2D eigenvalue weighted by atomic mass is 10.2. The first-order valence-electron chi connectivity index (χ1n) is 9.08. The van der Waals surface area contributed by atoms with Crippen molar-refractivity contribution in [2.24, 2.45) is 0 Å². The fraction of sp³-hybridized carbons (Fsp3) is 0.300. The maximum Gasteiger partial charge on any atom is 0.416 e. The van der Waals surface area contributed by atoms with Gasteiger partial charge in [0.1, 0.15) is 11.3 Å². The van der Waals surface area contributed by atoms with Crippen molar-refractivity contribution in [3.05, 3.63) is 64.2 Å². The predicted molar refractivity (Wildman–Crippen MR) is 102 cm³/mol. The summed E-state index contributed by atoms with van der Waals surface area (Å²) < 4.78 is 54.4. The minimum absolute atomic E-state index is 0.0467.